The SMILES string of the molecule is COc1ccc(C(=O)COC2CCC3C(=O)C(c4ccccc4)=COC3C2)cc1. The van der Waals surface area contributed by atoms with Gasteiger partial charge in [-0.1, -0.05) is 30.3 Å². The summed E-state index contributed by atoms with van der Waals surface area (Å²) in [6, 6.07) is 16.6. The third-order valence-electron chi connectivity index (χ3n) is 5.65. The topological polar surface area (TPSA) is 61.8 Å². The highest BCUT2D eigenvalue weighted by Crippen LogP contribution is 2.37. The van der Waals surface area contributed by atoms with Crippen molar-refractivity contribution in [2.45, 2.75) is 31.5 Å². The minimum Gasteiger partial charge on any atom is -0.497 e. The summed E-state index contributed by atoms with van der Waals surface area (Å²) in [7, 11) is 1.59. The van der Waals surface area contributed by atoms with Gasteiger partial charge in [-0.15, -0.1) is 0 Å². The molecule has 0 radical (unpaired) electrons. The highest BCUT2D eigenvalue weighted by molar-refractivity contribution is 6.22. The number of Topliss-reactive ketones (excluding diaryl/α,β-unsaturated/α-hetero) is 2. The van der Waals surface area contributed by atoms with E-state index in [4.69, 9.17) is 14.2 Å². The van der Waals surface area contributed by atoms with Crippen molar-refractivity contribution in [3.63, 3.8) is 0 Å². The summed E-state index contributed by atoms with van der Waals surface area (Å²) < 4.78 is 16.9. The summed E-state index contributed by atoms with van der Waals surface area (Å²) in [6.45, 7) is 0.0213. The second-order valence-corrected chi connectivity index (χ2v) is 7.44. The van der Waals surface area contributed by atoms with E-state index in [9.17, 15) is 9.59 Å². The Bertz CT molecular complexity index is 901. The van der Waals surface area contributed by atoms with Crippen molar-refractivity contribution < 1.29 is 23.8 Å². The minimum atomic E-state index is -0.190. The van der Waals surface area contributed by atoms with Crippen LogP contribution in [0.15, 0.2) is 60.9 Å². The molecule has 2 aromatic rings. The predicted molar refractivity (Wildman–Crippen MR) is 109 cm³/mol. The lowest BCUT2D eigenvalue weighted by atomic mass is 9.78. The van der Waals surface area contributed by atoms with Crippen molar-refractivity contribution in [1.29, 1.82) is 0 Å². The number of hydrogen-bond acceptors (Lipinski definition) is 5. The van der Waals surface area contributed by atoms with E-state index in [1.54, 1.807) is 37.6 Å². The number of ketones is 2. The molecule has 3 unspecified atom stereocenters. The first-order valence-electron chi connectivity index (χ1n) is 9.90. The molecule has 5 heteroatoms. The Hall–Kier alpha value is -2.92. The van der Waals surface area contributed by atoms with Crippen LogP contribution in [0.2, 0.25) is 0 Å². The molecule has 1 aliphatic carbocycles. The molecule has 1 aliphatic heterocycles. The normalized spacial score (nSPS) is 23.6. The molecule has 5 nitrogen and oxygen atoms in total. The average molecular weight is 392 g/mol. The first-order valence-corrected chi connectivity index (χ1v) is 9.90. The van der Waals surface area contributed by atoms with Crippen LogP contribution in [0, 0.1) is 5.92 Å². The van der Waals surface area contributed by atoms with E-state index in [1.165, 1.54) is 0 Å². The molecule has 0 bridgehead atoms. The van der Waals surface area contributed by atoms with Gasteiger partial charge in [0.05, 0.1) is 31.0 Å². The zero-order valence-electron chi connectivity index (χ0n) is 16.4. The van der Waals surface area contributed by atoms with Crippen molar-refractivity contribution in [2.24, 2.45) is 5.92 Å². The summed E-state index contributed by atoms with van der Waals surface area (Å²) in [4.78, 5) is 25.3. The second-order valence-electron chi connectivity index (χ2n) is 7.44. The molecule has 1 heterocycles. The standard InChI is InChI=1S/C24H24O5/c1-27-18-9-7-17(8-10-18)22(25)15-28-19-11-12-20-23(13-19)29-14-21(24(20)26)16-5-3-2-4-6-16/h2-10,14,19-20,23H,11-13,15H2,1H3. The molecule has 2 aromatic carbocycles. The zero-order valence-corrected chi connectivity index (χ0v) is 16.4. The van der Waals surface area contributed by atoms with Gasteiger partial charge in [0.1, 0.15) is 18.5 Å². The Morgan fingerprint density at radius 2 is 1.83 bits per heavy atom. The summed E-state index contributed by atoms with van der Waals surface area (Å²) in [5.74, 6) is 0.636. The fraction of sp³-hybridized carbons (Fsp3) is 0.333. The van der Waals surface area contributed by atoms with Crippen LogP contribution in [0.5, 0.6) is 5.75 Å². The first-order chi connectivity index (χ1) is 14.2. The van der Waals surface area contributed by atoms with Gasteiger partial charge in [0, 0.05) is 12.0 Å². The molecule has 0 saturated heterocycles. The minimum absolute atomic E-state index is 0.0213. The largest absolute Gasteiger partial charge is 0.497 e. The maximum atomic E-state index is 12.9. The van der Waals surface area contributed by atoms with E-state index in [2.05, 4.69) is 0 Å². The summed E-state index contributed by atoms with van der Waals surface area (Å²) in [5.41, 5.74) is 2.12. The number of allylic oxidation sites excluding steroid dienone is 1. The lowest BCUT2D eigenvalue weighted by Gasteiger charge is -2.37. The van der Waals surface area contributed by atoms with Crippen LogP contribution >= 0.6 is 0 Å². The van der Waals surface area contributed by atoms with Crippen molar-refractivity contribution >= 4 is 17.1 Å². The molecular formula is C24H24O5. The maximum absolute atomic E-state index is 12.9. The molecule has 1 fully saturated rings. The van der Waals surface area contributed by atoms with Crippen molar-refractivity contribution in [2.75, 3.05) is 13.7 Å². The van der Waals surface area contributed by atoms with Gasteiger partial charge in [-0.25, -0.2) is 0 Å². The third kappa shape index (κ3) is 4.25. The molecule has 1 saturated carbocycles. The predicted octanol–water partition coefficient (Wildman–Crippen LogP) is 4.07. The van der Waals surface area contributed by atoms with E-state index in [0.717, 1.165) is 12.0 Å². The van der Waals surface area contributed by atoms with E-state index < -0.39 is 0 Å². The molecule has 150 valence electrons. The molecule has 0 N–H and O–H groups in total. The van der Waals surface area contributed by atoms with Crippen LogP contribution in [-0.4, -0.2) is 37.5 Å². The monoisotopic (exact) mass is 392 g/mol. The van der Waals surface area contributed by atoms with Crippen LogP contribution in [0.3, 0.4) is 0 Å². The highest BCUT2D eigenvalue weighted by Gasteiger charge is 2.40. The molecule has 4 rings (SSSR count). The lowest BCUT2D eigenvalue weighted by molar-refractivity contribution is -0.127. The van der Waals surface area contributed by atoms with Crippen LogP contribution in [0.1, 0.15) is 35.2 Å². The molecule has 0 spiro atoms. The number of methoxy groups -OCH3 is 1. The Morgan fingerprint density at radius 3 is 2.55 bits per heavy atom. The summed E-state index contributed by atoms with van der Waals surface area (Å²) in [6.07, 6.45) is 3.38. The Kier molecular flexibility index (Phi) is 5.76. The summed E-state index contributed by atoms with van der Waals surface area (Å²) >= 11 is 0. The molecule has 0 amide bonds. The van der Waals surface area contributed by atoms with Gasteiger partial charge in [-0.3, -0.25) is 9.59 Å². The fourth-order valence-corrected chi connectivity index (χ4v) is 3.99. The van der Waals surface area contributed by atoms with E-state index in [1.807, 2.05) is 30.3 Å². The van der Waals surface area contributed by atoms with Gasteiger partial charge in [0.2, 0.25) is 0 Å². The molecular weight excluding hydrogens is 368 g/mol. The average Bonchev–Trinajstić information content (AvgIpc) is 2.78. The number of rotatable bonds is 6. The van der Waals surface area contributed by atoms with Crippen LogP contribution < -0.4 is 4.74 Å². The smallest absolute Gasteiger partial charge is 0.188 e. The van der Waals surface area contributed by atoms with Crippen LogP contribution in [0.4, 0.5) is 0 Å². The van der Waals surface area contributed by atoms with Gasteiger partial charge in [0.25, 0.3) is 0 Å². The number of benzene rings is 2. The van der Waals surface area contributed by atoms with Crippen molar-refractivity contribution in [3.05, 3.63) is 72.0 Å². The molecule has 0 aromatic heterocycles. The van der Waals surface area contributed by atoms with Gasteiger partial charge in [0.15, 0.2) is 11.6 Å². The van der Waals surface area contributed by atoms with Crippen LogP contribution in [0.25, 0.3) is 5.57 Å². The van der Waals surface area contributed by atoms with E-state index >= 15 is 0 Å². The van der Waals surface area contributed by atoms with Gasteiger partial charge in [-0.2, -0.15) is 0 Å². The summed E-state index contributed by atoms with van der Waals surface area (Å²) in [5, 5.41) is 0. The molecule has 29 heavy (non-hydrogen) atoms. The van der Waals surface area contributed by atoms with E-state index in [0.29, 0.717) is 29.7 Å². The number of hydrogen-bond donors (Lipinski definition) is 0. The quantitative estimate of drug-likeness (QED) is 0.694. The molecule has 3 atom stereocenters. The number of carbonyl (C=O) groups excluding carboxylic acids is 2. The number of carbonyl (C=O) groups is 2. The van der Waals surface area contributed by atoms with Gasteiger partial charge < -0.3 is 14.2 Å². The Balaban J connectivity index is 1.34. The second kappa shape index (κ2) is 8.62. The Labute approximate surface area is 170 Å². The number of ether oxygens (including phenoxy) is 3. The fourth-order valence-electron chi connectivity index (χ4n) is 3.99. The van der Waals surface area contributed by atoms with Gasteiger partial charge >= 0.3 is 0 Å². The lowest BCUT2D eigenvalue weighted by Crippen LogP contribution is -2.41. The van der Waals surface area contributed by atoms with E-state index in [-0.39, 0.29) is 36.3 Å². The first kappa shape index (κ1) is 19.4. The molecule has 2 aliphatic rings. The van der Waals surface area contributed by atoms with Crippen molar-refractivity contribution in [3.8, 4) is 5.75 Å². The zero-order chi connectivity index (χ0) is 20.2. The third-order valence-corrected chi connectivity index (χ3v) is 5.65. The Morgan fingerprint density at radius 1 is 1.07 bits per heavy atom. The van der Waals surface area contributed by atoms with Crippen LogP contribution in [-0.2, 0) is 14.3 Å². The van der Waals surface area contributed by atoms with Crippen molar-refractivity contribution in [1.82, 2.24) is 0 Å². The highest BCUT2D eigenvalue weighted by atomic mass is 16.5. The van der Waals surface area contributed by atoms with Gasteiger partial charge in [-0.05, 0) is 42.7 Å². The maximum Gasteiger partial charge on any atom is 0.188 e. The number of fused-ring (bicyclic) bond motifs is 1.